The SMILES string of the molecule is C[C@@H](C(=O)NC(c1ccccc1)c1ccccc1)N1CCN(c2ccc(F)cc2)CC1. The molecule has 0 unspecified atom stereocenters. The standard InChI is InChI=1S/C26H28FN3O/c1-20(29-16-18-30(19-17-29)24-14-12-23(27)13-15-24)26(31)28-25(21-8-4-2-5-9-21)22-10-6-3-7-11-22/h2-15,20,25H,16-19H2,1H3,(H,28,31)/t20-/m0/s1. The van der Waals surface area contributed by atoms with E-state index in [-0.39, 0.29) is 23.8 Å². The normalized spacial score (nSPS) is 15.6. The summed E-state index contributed by atoms with van der Waals surface area (Å²) >= 11 is 0. The average Bonchev–Trinajstić information content (AvgIpc) is 2.83. The number of nitrogens with zero attached hydrogens (tertiary/aromatic N) is 2. The highest BCUT2D eigenvalue weighted by Gasteiger charge is 2.27. The molecule has 0 aromatic heterocycles. The van der Waals surface area contributed by atoms with Crippen LogP contribution in [0.25, 0.3) is 0 Å². The van der Waals surface area contributed by atoms with Crippen molar-refractivity contribution in [2.45, 2.75) is 19.0 Å². The number of amides is 1. The molecule has 3 aromatic rings. The van der Waals surface area contributed by atoms with Gasteiger partial charge >= 0.3 is 0 Å². The summed E-state index contributed by atoms with van der Waals surface area (Å²) in [6.45, 7) is 5.16. The summed E-state index contributed by atoms with van der Waals surface area (Å²) in [7, 11) is 0. The Morgan fingerprint density at radius 1 is 0.806 bits per heavy atom. The number of piperazine rings is 1. The van der Waals surface area contributed by atoms with E-state index in [1.165, 1.54) is 12.1 Å². The van der Waals surface area contributed by atoms with Crippen molar-refractivity contribution in [3.8, 4) is 0 Å². The first-order chi connectivity index (χ1) is 15.1. The Labute approximate surface area is 183 Å². The maximum atomic E-state index is 13.2. The Balaban J connectivity index is 1.41. The third-order valence-electron chi connectivity index (χ3n) is 5.99. The number of carbonyl (C=O) groups is 1. The van der Waals surface area contributed by atoms with Gasteiger partial charge in [-0.05, 0) is 42.3 Å². The van der Waals surface area contributed by atoms with Crippen LogP contribution >= 0.6 is 0 Å². The van der Waals surface area contributed by atoms with Crippen molar-refractivity contribution >= 4 is 11.6 Å². The summed E-state index contributed by atoms with van der Waals surface area (Å²) in [6, 6.07) is 26.3. The summed E-state index contributed by atoms with van der Waals surface area (Å²) in [6.07, 6.45) is 0. The van der Waals surface area contributed by atoms with E-state index in [4.69, 9.17) is 0 Å². The van der Waals surface area contributed by atoms with Crippen molar-refractivity contribution in [2.24, 2.45) is 0 Å². The molecule has 1 aliphatic heterocycles. The number of nitrogens with one attached hydrogen (secondary N) is 1. The van der Waals surface area contributed by atoms with Crippen molar-refractivity contribution in [3.05, 3.63) is 102 Å². The van der Waals surface area contributed by atoms with Gasteiger partial charge in [-0.2, -0.15) is 0 Å². The maximum absolute atomic E-state index is 13.2. The van der Waals surface area contributed by atoms with Crippen LogP contribution < -0.4 is 10.2 Å². The first-order valence-electron chi connectivity index (χ1n) is 10.8. The van der Waals surface area contributed by atoms with Crippen LogP contribution in [-0.4, -0.2) is 43.0 Å². The van der Waals surface area contributed by atoms with Gasteiger partial charge in [0.2, 0.25) is 5.91 Å². The lowest BCUT2D eigenvalue weighted by molar-refractivity contribution is -0.126. The average molecular weight is 418 g/mol. The first kappa shape index (κ1) is 21.1. The summed E-state index contributed by atoms with van der Waals surface area (Å²) in [5, 5.41) is 3.26. The molecule has 1 atom stereocenters. The zero-order chi connectivity index (χ0) is 21.6. The summed E-state index contributed by atoms with van der Waals surface area (Å²) < 4.78 is 13.2. The van der Waals surface area contributed by atoms with Crippen LogP contribution in [0.3, 0.4) is 0 Å². The minimum atomic E-state index is -0.231. The molecule has 0 saturated carbocycles. The largest absolute Gasteiger partial charge is 0.369 e. The topological polar surface area (TPSA) is 35.6 Å². The number of rotatable bonds is 6. The molecule has 3 aromatic carbocycles. The van der Waals surface area contributed by atoms with Crippen LogP contribution in [-0.2, 0) is 4.79 Å². The maximum Gasteiger partial charge on any atom is 0.237 e. The molecule has 5 heteroatoms. The Morgan fingerprint density at radius 2 is 1.32 bits per heavy atom. The van der Waals surface area contributed by atoms with Crippen LogP contribution in [0.2, 0.25) is 0 Å². The smallest absolute Gasteiger partial charge is 0.237 e. The van der Waals surface area contributed by atoms with E-state index in [9.17, 15) is 9.18 Å². The lowest BCUT2D eigenvalue weighted by Crippen LogP contribution is -2.54. The first-order valence-corrected chi connectivity index (χ1v) is 10.8. The Bertz CT molecular complexity index is 931. The van der Waals surface area contributed by atoms with Crippen molar-refractivity contribution in [1.82, 2.24) is 10.2 Å². The number of carbonyl (C=O) groups excluding carboxylic acids is 1. The van der Waals surface area contributed by atoms with Crippen molar-refractivity contribution < 1.29 is 9.18 Å². The molecule has 31 heavy (non-hydrogen) atoms. The second kappa shape index (κ2) is 9.75. The molecule has 4 nitrogen and oxygen atoms in total. The van der Waals surface area contributed by atoms with E-state index < -0.39 is 0 Å². The van der Waals surface area contributed by atoms with E-state index in [1.807, 2.05) is 79.7 Å². The fraction of sp³-hybridized carbons (Fsp3) is 0.269. The van der Waals surface area contributed by atoms with Crippen LogP contribution in [0.4, 0.5) is 10.1 Å². The van der Waals surface area contributed by atoms with Gasteiger partial charge in [-0.1, -0.05) is 60.7 Å². The van der Waals surface area contributed by atoms with Gasteiger partial charge in [0, 0.05) is 31.9 Å². The highest BCUT2D eigenvalue weighted by molar-refractivity contribution is 5.82. The predicted octanol–water partition coefficient (Wildman–Crippen LogP) is 4.24. The second-order valence-corrected chi connectivity index (χ2v) is 7.94. The summed E-state index contributed by atoms with van der Waals surface area (Å²) in [5.74, 6) is -0.202. The predicted molar refractivity (Wildman–Crippen MR) is 123 cm³/mol. The van der Waals surface area contributed by atoms with Gasteiger partial charge in [-0.25, -0.2) is 4.39 Å². The molecular weight excluding hydrogens is 389 g/mol. The van der Waals surface area contributed by atoms with Gasteiger partial charge in [0.05, 0.1) is 12.1 Å². The molecule has 160 valence electrons. The zero-order valence-corrected chi connectivity index (χ0v) is 17.7. The minimum absolute atomic E-state index is 0.0212. The Kier molecular flexibility index (Phi) is 6.63. The van der Waals surface area contributed by atoms with Crippen molar-refractivity contribution in [2.75, 3.05) is 31.1 Å². The third-order valence-corrected chi connectivity index (χ3v) is 5.99. The van der Waals surface area contributed by atoms with Crippen LogP contribution in [0.1, 0.15) is 24.1 Å². The molecule has 1 aliphatic rings. The number of halogens is 1. The fourth-order valence-electron chi connectivity index (χ4n) is 4.10. The molecule has 1 amide bonds. The quantitative estimate of drug-likeness (QED) is 0.652. The second-order valence-electron chi connectivity index (χ2n) is 7.94. The molecule has 1 fully saturated rings. The fourth-order valence-corrected chi connectivity index (χ4v) is 4.10. The van der Waals surface area contributed by atoms with Gasteiger partial charge in [-0.3, -0.25) is 9.69 Å². The molecule has 4 rings (SSSR count). The third kappa shape index (κ3) is 5.12. The number of hydrogen-bond donors (Lipinski definition) is 1. The lowest BCUT2D eigenvalue weighted by Gasteiger charge is -2.39. The Hall–Kier alpha value is -3.18. The molecule has 1 N–H and O–H groups in total. The van der Waals surface area contributed by atoms with Gasteiger partial charge in [0.1, 0.15) is 5.82 Å². The molecule has 0 spiro atoms. The molecule has 0 radical (unpaired) electrons. The van der Waals surface area contributed by atoms with Gasteiger partial charge in [0.15, 0.2) is 0 Å². The van der Waals surface area contributed by atoms with Gasteiger partial charge in [0.25, 0.3) is 0 Å². The molecular formula is C26H28FN3O. The summed E-state index contributed by atoms with van der Waals surface area (Å²) in [4.78, 5) is 17.6. The van der Waals surface area contributed by atoms with Gasteiger partial charge < -0.3 is 10.2 Å². The number of anilines is 1. The van der Waals surface area contributed by atoms with Crippen LogP contribution in [0, 0.1) is 5.82 Å². The zero-order valence-electron chi connectivity index (χ0n) is 17.7. The molecule has 1 saturated heterocycles. The van der Waals surface area contributed by atoms with E-state index in [2.05, 4.69) is 15.1 Å². The minimum Gasteiger partial charge on any atom is -0.369 e. The van der Waals surface area contributed by atoms with E-state index in [1.54, 1.807) is 0 Å². The molecule has 0 bridgehead atoms. The van der Waals surface area contributed by atoms with Gasteiger partial charge in [-0.15, -0.1) is 0 Å². The highest BCUT2D eigenvalue weighted by atomic mass is 19.1. The Morgan fingerprint density at radius 3 is 1.84 bits per heavy atom. The monoisotopic (exact) mass is 417 g/mol. The van der Waals surface area contributed by atoms with Crippen LogP contribution in [0.15, 0.2) is 84.9 Å². The molecule has 1 heterocycles. The lowest BCUT2D eigenvalue weighted by atomic mass is 9.98. The van der Waals surface area contributed by atoms with E-state index >= 15 is 0 Å². The highest BCUT2D eigenvalue weighted by Crippen LogP contribution is 2.23. The molecule has 0 aliphatic carbocycles. The van der Waals surface area contributed by atoms with E-state index in [0.29, 0.717) is 0 Å². The number of benzene rings is 3. The van der Waals surface area contributed by atoms with Crippen LogP contribution in [0.5, 0.6) is 0 Å². The number of hydrogen-bond acceptors (Lipinski definition) is 3. The summed E-state index contributed by atoms with van der Waals surface area (Å²) in [5.41, 5.74) is 3.15. The van der Waals surface area contributed by atoms with Crippen molar-refractivity contribution in [3.63, 3.8) is 0 Å². The van der Waals surface area contributed by atoms with E-state index in [0.717, 1.165) is 43.0 Å². The van der Waals surface area contributed by atoms with Crippen molar-refractivity contribution in [1.29, 1.82) is 0 Å².